The van der Waals surface area contributed by atoms with E-state index in [-0.39, 0.29) is 0 Å². The lowest BCUT2D eigenvalue weighted by atomic mass is 10.0. The molecule has 18 heavy (non-hydrogen) atoms. The molecular formula is C16H26N2. The Labute approximate surface area is 111 Å². The molecule has 0 radical (unpaired) electrons. The van der Waals surface area contributed by atoms with Crippen LogP contribution in [0.4, 0.5) is 0 Å². The molecule has 1 fully saturated rings. The summed E-state index contributed by atoms with van der Waals surface area (Å²) in [4.78, 5) is 2.60. The smallest absolute Gasteiger partial charge is 0.0221 e. The van der Waals surface area contributed by atoms with Crippen LogP contribution in [-0.2, 0) is 0 Å². The monoisotopic (exact) mass is 246 g/mol. The molecular weight excluding hydrogens is 220 g/mol. The fourth-order valence-electron chi connectivity index (χ4n) is 2.91. The molecule has 0 spiro atoms. The maximum atomic E-state index is 3.65. The lowest BCUT2D eigenvalue weighted by Crippen LogP contribution is -2.38. The van der Waals surface area contributed by atoms with E-state index in [2.05, 4.69) is 54.4 Å². The van der Waals surface area contributed by atoms with E-state index >= 15 is 0 Å². The number of hydrogen-bond acceptors (Lipinski definition) is 2. The van der Waals surface area contributed by atoms with Gasteiger partial charge in [-0.2, -0.15) is 0 Å². The van der Waals surface area contributed by atoms with Crippen LogP contribution in [0.2, 0.25) is 0 Å². The molecule has 0 aliphatic carbocycles. The van der Waals surface area contributed by atoms with E-state index in [0.717, 1.165) is 19.1 Å². The van der Waals surface area contributed by atoms with Gasteiger partial charge in [0.15, 0.2) is 0 Å². The number of rotatable bonds is 6. The molecule has 0 unspecified atom stereocenters. The summed E-state index contributed by atoms with van der Waals surface area (Å²) in [5.74, 6) is 0.600. The summed E-state index contributed by atoms with van der Waals surface area (Å²) in [7, 11) is 0. The van der Waals surface area contributed by atoms with Crippen LogP contribution in [0.5, 0.6) is 0 Å². The number of nitrogens with one attached hydrogen (secondary N) is 1. The molecule has 1 aromatic rings. The zero-order valence-corrected chi connectivity index (χ0v) is 11.7. The average Bonchev–Trinajstić information content (AvgIpc) is 2.87. The topological polar surface area (TPSA) is 15.3 Å². The Bertz CT molecular complexity index is 336. The average molecular weight is 246 g/mol. The lowest BCUT2D eigenvalue weighted by molar-refractivity contribution is 0.259. The van der Waals surface area contributed by atoms with Gasteiger partial charge < -0.3 is 5.32 Å². The first kappa shape index (κ1) is 13.6. The van der Waals surface area contributed by atoms with Gasteiger partial charge in [-0.3, -0.25) is 4.90 Å². The second-order valence-corrected chi connectivity index (χ2v) is 5.39. The number of likely N-dealkylation sites (N-methyl/N-ethyl adjacent to an activating group) is 1. The first-order valence-corrected chi connectivity index (χ1v) is 7.31. The normalized spacial score (nSPS) is 22.2. The number of benzene rings is 1. The standard InChI is InChI=1S/C16H26N2/c1-3-18-11-7-10-16(18)13-17-12-14(2)15-8-5-4-6-9-15/h4-6,8-9,14,16-17H,3,7,10-13H2,1-2H3/t14-,16-/m1/s1. The fraction of sp³-hybridized carbons (Fsp3) is 0.625. The van der Waals surface area contributed by atoms with Crippen LogP contribution in [-0.4, -0.2) is 37.1 Å². The molecule has 2 nitrogen and oxygen atoms in total. The highest BCUT2D eigenvalue weighted by Gasteiger charge is 2.22. The van der Waals surface area contributed by atoms with Crippen LogP contribution in [0.15, 0.2) is 30.3 Å². The van der Waals surface area contributed by atoms with E-state index in [1.54, 1.807) is 0 Å². The second-order valence-electron chi connectivity index (χ2n) is 5.39. The molecule has 2 heteroatoms. The predicted octanol–water partition coefficient (Wildman–Crippen LogP) is 2.86. The fourth-order valence-corrected chi connectivity index (χ4v) is 2.91. The number of likely N-dealkylation sites (tertiary alicyclic amines) is 1. The van der Waals surface area contributed by atoms with E-state index in [9.17, 15) is 0 Å². The van der Waals surface area contributed by atoms with Crippen LogP contribution >= 0.6 is 0 Å². The van der Waals surface area contributed by atoms with Gasteiger partial charge >= 0.3 is 0 Å². The van der Waals surface area contributed by atoms with Gasteiger partial charge in [0.25, 0.3) is 0 Å². The number of hydrogen-bond donors (Lipinski definition) is 1. The summed E-state index contributed by atoms with van der Waals surface area (Å²) >= 11 is 0. The van der Waals surface area contributed by atoms with E-state index in [4.69, 9.17) is 0 Å². The van der Waals surface area contributed by atoms with Gasteiger partial charge in [-0.25, -0.2) is 0 Å². The van der Waals surface area contributed by atoms with Crippen molar-refractivity contribution in [1.29, 1.82) is 0 Å². The van der Waals surface area contributed by atoms with E-state index in [1.807, 2.05) is 0 Å². The molecule has 1 aromatic carbocycles. The predicted molar refractivity (Wildman–Crippen MR) is 78.0 cm³/mol. The van der Waals surface area contributed by atoms with Gasteiger partial charge in [0.1, 0.15) is 0 Å². The van der Waals surface area contributed by atoms with Gasteiger partial charge in [-0.1, -0.05) is 44.2 Å². The Kier molecular flexibility index (Phi) is 5.21. The van der Waals surface area contributed by atoms with Crippen molar-refractivity contribution < 1.29 is 0 Å². The van der Waals surface area contributed by atoms with E-state index < -0.39 is 0 Å². The van der Waals surface area contributed by atoms with Crippen LogP contribution in [0.25, 0.3) is 0 Å². The van der Waals surface area contributed by atoms with Crippen LogP contribution in [0, 0.1) is 0 Å². The van der Waals surface area contributed by atoms with Gasteiger partial charge in [0, 0.05) is 19.1 Å². The molecule has 2 atom stereocenters. The van der Waals surface area contributed by atoms with Crippen molar-refractivity contribution in [1.82, 2.24) is 10.2 Å². The molecule has 1 saturated heterocycles. The van der Waals surface area contributed by atoms with Gasteiger partial charge in [-0.15, -0.1) is 0 Å². The summed E-state index contributed by atoms with van der Waals surface area (Å²) in [6, 6.07) is 11.5. The molecule has 1 aliphatic rings. The lowest BCUT2D eigenvalue weighted by Gasteiger charge is -2.24. The number of nitrogens with zero attached hydrogens (tertiary/aromatic N) is 1. The Morgan fingerprint density at radius 3 is 2.83 bits per heavy atom. The first-order chi connectivity index (χ1) is 8.81. The summed E-state index contributed by atoms with van der Waals surface area (Å²) in [6.45, 7) is 9.28. The molecule has 0 amide bonds. The molecule has 1 heterocycles. The minimum Gasteiger partial charge on any atom is -0.315 e. The van der Waals surface area contributed by atoms with Crippen molar-refractivity contribution in [3.05, 3.63) is 35.9 Å². The maximum Gasteiger partial charge on any atom is 0.0221 e. The molecule has 0 bridgehead atoms. The Hall–Kier alpha value is -0.860. The van der Waals surface area contributed by atoms with Crippen molar-refractivity contribution in [2.75, 3.05) is 26.2 Å². The molecule has 1 aliphatic heterocycles. The van der Waals surface area contributed by atoms with Crippen molar-refractivity contribution in [3.8, 4) is 0 Å². The van der Waals surface area contributed by atoms with Crippen LogP contribution < -0.4 is 5.32 Å². The van der Waals surface area contributed by atoms with E-state index in [0.29, 0.717) is 5.92 Å². The third kappa shape index (κ3) is 3.56. The quantitative estimate of drug-likeness (QED) is 0.830. The summed E-state index contributed by atoms with van der Waals surface area (Å²) < 4.78 is 0. The summed E-state index contributed by atoms with van der Waals surface area (Å²) in [5, 5.41) is 3.65. The SMILES string of the molecule is CCN1CCC[C@@H]1CNC[C@@H](C)c1ccccc1. The van der Waals surface area contributed by atoms with Crippen molar-refractivity contribution >= 4 is 0 Å². The zero-order chi connectivity index (χ0) is 12.8. The molecule has 0 aromatic heterocycles. The third-order valence-electron chi connectivity index (χ3n) is 4.10. The van der Waals surface area contributed by atoms with Crippen molar-refractivity contribution in [2.45, 2.75) is 38.6 Å². The second kappa shape index (κ2) is 6.91. The van der Waals surface area contributed by atoms with E-state index in [1.165, 1.54) is 31.5 Å². The van der Waals surface area contributed by atoms with Crippen LogP contribution in [0.1, 0.15) is 38.2 Å². The van der Waals surface area contributed by atoms with Crippen molar-refractivity contribution in [3.63, 3.8) is 0 Å². The highest BCUT2D eigenvalue weighted by Crippen LogP contribution is 2.16. The summed E-state index contributed by atoms with van der Waals surface area (Å²) in [5.41, 5.74) is 1.43. The maximum absolute atomic E-state index is 3.65. The Morgan fingerprint density at radius 2 is 2.11 bits per heavy atom. The minimum absolute atomic E-state index is 0.600. The third-order valence-corrected chi connectivity index (χ3v) is 4.10. The van der Waals surface area contributed by atoms with Crippen molar-refractivity contribution in [2.24, 2.45) is 0 Å². The highest BCUT2D eigenvalue weighted by atomic mass is 15.2. The molecule has 100 valence electrons. The van der Waals surface area contributed by atoms with Gasteiger partial charge in [0.2, 0.25) is 0 Å². The highest BCUT2D eigenvalue weighted by molar-refractivity contribution is 5.18. The minimum atomic E-state index is 0.600. The molecule has 2 rings (SSSR count). The first-order valence-electron chi connectivity index (χ1n) is 7.31. The van der Waals surface area contributed by atoms with Gasteiger partial charge in [0.05, 0.1) is 0 Å². The Balaban J connectivity index is 1.72. The van der Waals surface area contributed by atoms with Crippen LogP contribution in [0.3, 0.4) is 0 Å². The Morgan fingerprint density at radius 1 is 1.33 bits per heavy atom. The zero-order valence-electron chi connectivity index (χ0n) is 11.7. The van der Waals surface area contributed by atoms with Gasteiger partial charge in [-0.05, 0) is 37.4 Å². The molecule has 0 saturated carbocycles. The summed E-state index contributed by atoms with van der Waals surface area (Å²) in [6.07, 6.45) is 2.73. The molecule has 1 N–H and O–H groups in total. The largest absolute Gasteiger partial charge is 0.315 e.